The second-order valence-electron chi connectivity index (χ2n) is 2.58. The topological polar surface area (TPSA) is 20.2 Å². The fraction of sp³-hybridized carbons (Fsp3) is 0.200. The van der Waals surface area contributed by atoms with E-state index in [1.54, 1.807) is 0 Å². The van der Waals surface area contributed by atoms with E-state index in [-0.39, 0.29) is 6.61 Å². The monoisotopic (exact) mass is 260 g/mol. The third kappa shape index (κ3) is 3.51. The van der Waals surface area contributed by atoms with Gasteiger partial charge >= 0.3 is 0 Å². The van der Waals surface area contributed by atoms with Gasteiger partial charge in [0.15, 0.2) is 0 Å². The van der Waals surface area contributed by atoms with Crippen LogP contribution in [-0.2, 0) is 0 Å². The molecule has 0 radical (unpaired) electrons. The minimum Gasteiger partial charge on any atom is -0.396 e. The van der Waals surface area contributed by atoms with Crippen LogP contribution in [-0.4, -0.2) is 11.7 Å². The number of halogens is 2. The highest BCUT2D eigenvalue weighted by molar-refractivity contribution is 9.10. The van der Waals surface area contributed by atoms with Gasteiger partial charge in [0.1, 0.15) is 0 Å². The second-order valence-corrected chi connectivity index (χ2v) is 3.90. The molecule has 13 heavy (non-hydrogen) atoms. The first-order valence-electron chi connectivity index (χ1n) is 3.96. The Labute approximate surface area is 91.2 Å². The number of benzene rings is 1. The highest BCUT2D eigenvalue weighted by atomic mass is 79.9. The molecule has 70 valence electrons. The van der Waals surface area contributed by atoms with E-state index in [1.165, 1.54) is 0 Å². The third-order valence-electron chi connectivity index (χ3n) is 1.56. The van der Waals surface area contributed by atoms with Gasteiger partial charge in [0, 0.05) is 16.1 Å². The summed E-state index contributed by atoms with van der Waals surface area (Å²) in [6, 6.07) is 5.71. The van der Waals surface area contributed by atoms with E-state index in [1.807, 2.05) is 30.4 Å². The van der Waals surface area contributed by atoms with Crippen LogP contribution in [0.2, 0.25) is 5.02 Å². The summed E-state index contributed by atoms with van der Waals surface area (Å²) in [6.45, 7) is 0.171. The lowest BCUT2D eigenvalue weighted by atomic mass is 10.2. The Hall–Kier alpha value is -0.310. The van der Waals surface area contributed by atoms with E-state index in [4.69, 9.17) is 16.7 Å². The molecule has 0 atom stereocenters. The van der Waals surface area contributed by atoms with Gasteiger partial charge in [-0.25, -0.2) is 0 Å². The van der Waals surface area contributed by atoms with Gasteiger partial charge in [-0.3, -0.25) is 0 Å². The molecule has 0 amide bonds. The molecule has 1 N–H and O–H groups in total. The van der Waals surface area contributed by atoms with Crippen LogP contribution in [0.3, 0.4) is 0 Å². The Kier molecular flexibility index (Phi) is 4.50. The zero-order valence-electron chi connectivity index (χ0n) is 7.00. The van der Waals surface area contributed by atoms with E-state index < -0.39 is 0 Å². The van der Waals surface area contributed by atoms with Gasteiger partial charge < -0.3 is 5.11 Å². The van der Waals surface area contributed by atoms with Crippen molar-refractivity contribution in [2.45, 2.75) is 6.42 Å². The van der Waals surface area contributed by atoms with Crippen molar-refractivity contribution in [2.75, 3.05) is 6.61 Å². The summed E-state index contributed by atoms with van der Waals surface area (Å²) in [5, 5.41) is 9.28. The molecule has 1 rings (SSSR count). The Balaban J connectivity index is 2.77. The number of aliphatic hydroxyl groups excluding tert-OH is 1. The zero-order valence-corrected chi connectivity index (χ0v) is 9.35. The highest BCUT2D eigenvalue weighted by Gasteiger charge is 1.95. The lowest BCUT2D eigenvalue weighted by Crippen LogP contribution is -1.78. The van der Waals surface area contributed by atoms with Crippen molar-refractivity contribution >= 4 is 33.6 Å². The van der Waals surface area contributed by atoms with Gasteiger partial charge in [-0.1, -0.05) is 45.7 Å². The summed E-state index contributed by atoms with van der Waals surface area (Å²) >= 11 is 9.29. The van der Waals surface area contributed by atoms with Crippen molar-refractivity contribution in [2.24, 2.45) is 0 Å². The number of hydrogen-bond acceptors (Lipinski definition) is 1. The zero-order chi connectivity index (χ0) is 9.68. The van der Waals surface area contributed by atoms with Gasteiger partial charge in [-0.05, 0) is 24.1 Å². The van der Waals surface area contributed by atoms with E-state index in [9.17, 15) is 0 Å². The van der Waals surface area contributed by atoms with Crippen molar-refractivity contribution in [3.63, 3.8) is 0 Å². The largest absolute Gasteiger partial charge is 0.396 e. The van der Waals surface area contributed by atoms with Crippen LogP contribution in [0.15, 0.2) is 28.7 Å². The van der Waals surface area contributed by atoms with Crippen LogP contribution in [0.5, 0.6) is 0 Å². The molecule has 0 aliphatic heterocycles. The first kappa shape index (κ1) is 10.8. The van der Waals surface area contributed by atoms with Crippen molar-refractivity contribution in [1.82, 2.24) is 0 Å². The summed E-state index contributed by atoms with van der Waals surface area (Å²) in [5.74, 6) is 0. The summed E-state index contributed by atoms with van der Waals surface area (Å²) < 4.78 is 0.969. The van der Waals surface area contributed by atoms with Crippen molar-refractivity contribution in [3.05, 3.63) is 39.3 Å². The maximum atomic E-state index is 8.57. The first-order chi connectivity index (χ1) is 6.24. The third-order valence-corrected chi connectivity index (χ3v) is 2.38. The molecule has 1 nitrogen and oxygen atoms in total. The quantitative estimate of drug-likeness (QED) is 0.883. The number of aliphatic hydroxyl groups is 1. The lowest BCUT2D eigenvalue weighted by molar-refractivity contribution is 0.303. The van der Waals surface area contributed by atoms with E-state index in [2.05, 4.69) is 15.9 Å². The Morgan fingerprint density at radius 2 is 2.23 bits per heavy atom. The van der Waals surface area contributed by atoms with Crippen LogP contribution in [0.25, 0.3) is 6.08 Å². The first-order valence-corrected chi connectivity index (χ1v) is 5.13. The Morgan fingerprint density at radius 3 is 2.85 bits per heavy atom. The van der Waals surface area contributed by atoms with Gasteiger partial charge in [-0.15, -0.1) is 0 Å². The minimum atomic E-state index is 0.171. The maximum absolute atomic E-state index is 8.57. The average Bonchev–Trinajstić information content (AvgIpc) is 2.09. The summed E-state index contributed by atoms with van der Waals surface area (Å²) in [5.41, 5.74) is 0.971. The molecule has 0 saturated carbocycles. The predicted octanol–water partition coefficient (Wildman–Crippen LogP) is 3.50. The molecular formula is C10H10BrClO. The molecule has 0 fully saturated rings. The Morgan fingerprint density at radius 1 is 1.46 bits per heavy atom. The number of hydrogen-bond donors (Lipinski definition) is 1. The molecule has 3 heteroatoms. The fourth-order valence-corrected chi connectivity index (χ4v) is 1.66. The van der Waals surface area contributed by atoms with Crippen LogP contribution >= 0.6 is 27.5 Å². The highest BCUT2D eigenvalue weighted by Crippen LogP contribution is 2.22. The molecular weight excluding hydrogens is 251 g/mol. The van der Waals surface area contributed by atoms with Gasteiger partial charge in [0.25, 0.3) is 0 Å². The van der Waals surface area contributed by atoms with Crippen molar-refractivity contribution < 1.29 is 5.11 Å². The molecule has 0 aliphatic carbocycles. The Bertz CT molecular complexity index is 310. The minimum absolute atomic E-state index is 0.171. The molecule has 0 spiro atoms. The number of rotatable bonds is 3. The maximum Gasteiger partial charge on any atom is 0.0489 e. The average molecular weight is 262 g/mol. The lowest BCUT2D eigenvalue weighted by Gasteiger charge is -1.98. The van der Waals surface area contributed by atoms with Crippen LogP contribution in [0, 0.1) is 0 Å². The molecule has 1 aromatic rings. The van der Waals surface area contributed by atoms with E-state index in [0.717, 1.165) is 10.0 Å². The molecule has 0 aromatic heterocycles. The van der Waals surface area contributed by atoms with Crippen LogP contribution in [0.1, 0.15) is 12.0 Å². The van der Waals surface area contributed by atoms with Gasteiger partial charge in [-0.2, -0.15) is 0 Å². The standard InChI is InChI=1S/C10H10BrClO/c11-9-5-4-8(10(12)7-9)3-1-2-6-13/h1,3-5,7,13H,2,6H2. The van der Waals surface area contributed by atoms with Crippen LogP contribution in [0.4, 0.5) is 0 Å². The molecule has 1 aromatic carbocycles. The molecule has 0 unspecified atom stereocenters. The predicted molar refractivity (Wildman–Crippen MR) is 59.9 cm³/mol. The normalized spacial score (nSPS) is 11.0. The van der Waals surface area contributed by atoms with Crippen molar-refractivity contribution in [1.29, 1.82) is 0 Å². The second kappa shape index (κ2) is 5.43. The molecule has 0 heterocycles. The summed E-state index contributed by atoms with van der Waals surface area (Å²) in [4.78, 5) is 0. The summed E-state index contributed by atoms with van der Waals surface area (Å²) in [7, 11) is 0. The summed E-state index contributed by atoms with van der Waals surface area (Å²) in [6.07, 6.45) is 4.46. The van der Waals surface area contributed by atoms with E-state index >= 15 is 0 Å². The van der Waals surface area contributed by atoms with E-state index in [0.29, 0.717) is 11.4 Å². The molecule has 0 aliphatic rings. The van der Waals surface area contributed by atoms with Gasteiger partial charge in [0.05, 0.1) is 0 Å². The van der Waals surface area contributed by atoms with Crippen LogP contribution < -0.4 is 0 Å². The fourth-order valence-electron chi connectivity index (χ4n) is 0.922. The molecule has 0 saturated heterocycles. The smallest absolute Gasteiger partial charge is 0.0489 e. The molecule has 0 bridgehead atoms. The van der Waals surface area contributed by atoms with Gasteiger partial charge in [0.2, 0.25) is 0 Å². The van der Waals surface area contributed by atoms with Crippen molar-refractivity contribution in [3.8, 4) is 0 Å². The SMILES string of the molecule is OCCC=Cc1ccc(Br)cc1Cl.